The minimum absolute atomic E-state index is 0.622. The van der Waals surface area contributed by atoms with Crippen LogP contribution < -0.4 is 14.4 Å². The van der Waals surface area contributed by atoms with Gasteiger partial charge in [0, 0.05) is 38.9 Å². The van der Waals surface area contributed by atoms with E-state index in [1.54, 1.807) is 0 Å². The van der Waals surface area contributed by atoms with E-state index >= 15 is 0 Å². The first-order chi connectivity index (χ1) is 41.2. The van der Waals surface area contributed by atoms with E-state index in [-0.39, 0.29) is 0 Å². The van der Waals surface area contributed by atoms with Crippen LogP contribution in [-0.2, 0) is 10.8 Å². The van der Waals surface area contributed by atoms with Gasteiger partial charge in [-0.25, -0.2) is 0 Å². The summed E-state index contributed by atoms with van der Waals surface area (Å²) in [5.41, 5.74) is 25.5. The Morgan fingerprint density at radius 1 is 0.205 bits per heavy atom. The van der Waals surface area contributed by atoms with Crippen LogP contribution in [0.1, 0.15) is 44.5 Å². The van der Waals surface area contributed by atoms with Gasteiger partial charge in [-0.1, -0.05) is 261 Å². The zero-order chi connectivity index (χ0) is 54.6. The topological polar surface area (TPSA) is 21.7 Å². The van der Waals surface area contributed by atoms with Crippen LogP contribution in [0.5, 0.6) is 23.0 Å². The van der Waals surface area contributed by atoms with Gasteiger partial charge >= 0.3 is 0 Å². The molecule has 0 saturated heterocycles. The highest BCUT2D eigenvalue weighted by molar-refractivity contribution is 6.03. The molecule has 3 heteroatoms. The molecule has 0 radical (unpaired) electrons. The van der Waals surface area contributed by atoms with Crippen molar-refractivity contribution >= 4 is 17.1 Å². The lowest BCUT2D eigenvalue weighted by molar-refractivity contribution is 0.436. The van der Waals surface area contributed by atoms with E-state index in [4.69, 9.17) is 9.47 Å². The van der Waals surface area contributed by atoms with Crippen molar-refractivity contribution in [2.45, 2.75) is 10.8 Å². The molecule has 0 atom stereocenters. The summed E-state index contributed by atoms with van der Waals surface area (Å²) in [6.45, 7) is 0. The van der Waals surface area contributed by atoms with Gasteiger partial charge in [-0.15, -0.1) is 0 Å². The third-order valence-corrected chi connectivity index (χ3v) is 18.1. The first-order valence-electron chi connectivity index (χ1n) is 28.6. The molecular formula is C80H51NO2. The molecule has 13 aromatic rings. The summed E-state index contributed by atoms with van der Waals surface area (Å²) < 4.78 is 13.6. The number of para-hydroxylation sites is 7. The average molecular weight is 1060 g/mol. The molecule has 13 aromatic carbocycles. The molecule has 0 N–H and O–H groups in total. The molecule has 0 unspecified atom stereocenters. The van der Waals surface area contributed by atoms with E-state index in [0.29, 0.717) is 0 Å². The number of hydrogen-bond donors (Lipinski definition) is 0. The maximum Gasteiger partial charge on any atom is 0.132 e. The summed E-state index contributed by atoms with van der Waals surface area (Å²) in [5, 5.41) is 0. The number of benzene rings is 13. The van der Waals surface area contributed by atoms with Crippen LogP contribution in [0.2, 0.25) is 0 Å². The fraction of sp³-hybridized carbons (Fsp3) is 0.0250. The zero-order valence-electron chi connectivity index (χ0n) is 45.2. The van der Waals surface area contributed by atoms with Gasteiger partial charge in [-0.3, -0.25) is 0 Å². The highest BCUT2D eigenvalue weighted by atomic mass is 16.5. The van der Waals surface area contributed by atoms with Crippen LogP contribution >= 0.6 is 0 Å². The van der Waals surface area contributed by atoms with E-state index in [2.05, 4.69) is 314 Å². The number of ether oxygens (including phenoxy) is 2. The van der Waals surface area contributed by atoms with Crippen LogP contribution in [0.25, 0.3) is 66.8 Å². The predicted molar refractivity (Wildman–Crippen MR) is 338 cm³/mol. The van der Waals surface area contributed by atoms with Crippen molar-refractivity contribution in [1.82, 2.24) is 0 Å². The Kier molecular flexibility index (Phi) is 10.4. The molecule has 2 heterocycles. The standard InChI is InChI=1S/C80H51NO2/c1-2-23-52(24-3-1)53-45-47-54(48-46-53)56-25-6-15-38-71(56)81(72-39-16-7-26-57(72)55-49-50-59-58-27-4-9-31-63(58)80(70(59)51-55)67-35-13-20-43-76(67)83-77-44-21-14-36-68(77)80)73-40-17-8-28-60(73)61-30-22-37-69-78(61)62-29-5-10-32-64(62)79(69)65-33-11-18-41-74(65)82-75-42-19-12-34-66(75)79/h1-51H. The van der Waals surface area contributed by atoms with E-state index in [1.807, 2.05) is 0 Å². The van der Waals surface area contributed by atoms with Crippen LogP contribution in [0.3, 0.4) is 0 Å². The summed E-state index contributed by atoms with van der Waals surface area (Å²) >= 11 is 0. The van der Waals surface area contributed by atoms with E-state index in [1.165, 1.54) is 55.6 Å². The number of fused-ring (bicyclic) bond motifs is 18. The maximum absolute atomic E-state index is 6.78. The van der Waals surface area contributed by atoms with Gasteiger partial charge in [0.2, 0.25) is 0 Å². The number of nitrogens with zero attached hydrogens (tertiary/aromatic N) is 1. The molecule has 2 spiro atoms. The Bertz CT molecular complexity index is 4670. The first-order valence-corrected chi connectivity index (χ1v) is 28.6. The molecule has 0 saturated carbocycles. The van der Waals surface area contributed by atoms with E-state index < -0.39 is 10.8 Å². The summed E-state index contributed by atoms with van der Waals surface area (Å²) in [6, 6.07) is 113. The summed E-state index contributed by atoms with van der Waals surface area (Å²) in [5.74, 6) is 3.51. The average Bonchev–Trinajstić information content (AvgIpc) is 1.64. The molecule has 83 heavy (non-hydrogen) atoms. The van der Waals surface area contributed by atoms with Crippen molar-refractivity contribution in [2.24, 2.45) is 0 Å². The van der Waals surface area contributed by atoms with Crippen molar-refractivity contribution in [2.75, 3.05) is 4.90 Å². The number of hydrogen-bond acceptors (Lipinski definition) is 3. The molecule has 0 amide bonds. The molecule has 4 aliphatic rings. The minimum atomic E-state index is -0.625. The zero-order valence-corrected chi connectivity index (χ0v) is 45.2. The van der Waals surface area contributed by atoms with Gasteiger partial charge in [-0.05, 0) is 121 Å². The van der Waals surface area contributed by atoms with Crippen LogP contribution in [-0.4, -0.2) is 0 Å². The van der Waals surface area contributed by atoms with Gasteiger partial charge in [0.15, 0.2) is 0 Å². The SMILES string of the molecule is c1ccc(-c2ccc(-c3ccccc3N(c3ccccc3-c3ccc4c(c3)C3(c5ccccc5Oc5ccccc53)c3ccccc3-4)c3ccccc3-c3cccc4c3-c3ccccc3C43c4ccccc4Oc4ccccc43)cc2)cc1. The fourth-order valence-corrected chi connectivity index (χ4v) is 14.7. The molecule has 0 aromatic heterocycles. The normalized spacial score (nSPS) is 13.7. The third kappa shape index (κ3) is 6.74. The number of anilines is 3. The predicted octanol–water partition coefficient (Wildman–Crippen LogP) is 20.8. The van der Waals surface area contributed by atoms with E-state index in [9.17, 15) is 0 Å². The molecule has 2 aliphatic carbocycles. The third-order valence-electron chi connectivity index (χ3n) is 18.1. The Hall–Kier alpha value is -10.7. The Morgan fingerprint density at radius 2 is 0.554 bits per heavy atom. The van der Waals surface area contributed by atoms with Gasteiger partial charge < -0.3 is 14.4 Å². The lowest BCUT2D eigenvalue weighted by Gasteiger charge is -2.39. The van der Waals surface area contributed by atoms with Crippen molar-refractivity contribution in [3.8, 4) is 89.8 Å². The second-order valence-corrected chi connectivity index (χ2v) is 22.1. The fourth-order valence-electron chi connectivity index (χ4n) is 14.7. The van der Waals surface area contributed by atoms with Crippen LogP contribution in [0.4, 0.5) is 17.1 Å². The van der Waals surface area contributed by atoms with E-state index in [0.717, 1.165) is 95.7 Å². The minimum Gasteiger partial charge on any atom is -0.457 e. The van der Waals surface area contributed by atoms with Crippen LogP contribution in [0, 0.1) is 0 Å². The maximum atomic E-state index is 6.78. The van der Waals surface area contributed by atoms with Gasteiger partial charge in [0.05, 0.1) is 27.9 Å². The van der Waals surface area contributed by atoms with Crippen molar-refractivity contribution in [3.05, 3.63) is 354 Å². The largest absolute Gasteiger partial charge is 0.457 e. The smallest absolute Gasteiger partial charge is 0.132 e. The molecule has 17 rings (SSSR count). The highest BCUT2D eigenvalue weighted by Gasteiger charge is 2.53. The quantitative estimate of drug-likeness (QED) is 0.159. The second kappa shape index (κ2) is 18.4. The molecule has 3 nitrogen and oxygen atoms in total. The lowest BCUT2D eigenvalue weighted by Crippen LogP contribution is -2.32. The second-order valence-electron chi connectivity index (χ2n) is 22.1. The van der Waals surface area contributed by atoms with Crippen molar-refractivity contribution in [3.63, 3.8) is 0 Å². The van der Waals surface area contributed by atoms with Gasteiger partial charge in [0.1, 0.15) is 23.0 Å². The monoisotopic (exact) mass is 1060 g/mol. The lowest BCUT2D eigenvalue weighted by atomic mass is 9.66. The summed E-state index contributed by atoms with van der Waals surface area (Å²) in [6.07, 6.45) is 0. The highest BCUT2D eigenvalue weighted by Crippen LogP contribution is 2.65. The van der Waals surface area contributed by atoms with Gasteiger partial charge in [-0.2, -0.15) is 0 Å². The first kappa shape index (κ1) is 47.1. The molecular weight excluding hydrogens is 1010 g/mol. The van der Waals surface area contributed by atoms with Crippen molar-refractivity contribution in [1.29, 1.82) is 0 Å². The molecule has 0 fully saturated rings. The van der Waals surface area contributed by atoms with Crippen molar-refractivity contribution < 1.29 is 9.47 Å². The Morgan fingerprint density at radius 3 is 1.12 bits per heavy atom. The summed E-state index contributed by atoms with van der Waals surface area (Å²) in [4.78, 5) is 2.54. The molecule has 2 aliphatic heterocycles. The molecule has 0 bridgehead atoms. The Balaban J connectivity index is 0.915. The molecule has 388 valence electrons. The van der Waals surface area contributed by atoms with Gasteiger partial charge in [0.25, 0.3) is 0 Å². The van der Waals surface area contributed by atoms with Crippen LogP contribution in [0.15, 0.2) is 309 Å². The Labute approximate surface area is 483 Å². The summed E-state index contributed by atoms with van der Waals surface area (Å²) in [7, 11) is 0. The number of rotatable bonds is 7.